The van der Waals surface area contributed by atoms with Gasteiger partial charge in [0.2, 0.25) is 0 Å². The molecular weight excluding hydrogens is 259 g/mol. The molecule has 0 bridgehead atoms. The SMILES string of the molecule is CC(C)Nc1nc2cc(Cl)c(Cl)cc2nc1N. The summed E-state index contributed by atoms with van der Waals surface area (Å²) in [6.07, 6.45) is 0. The van der Waals surface area contributed by atoms with Gasteiger partial charge in [0.05, 0.1) is 21.1 Å². The smallest absolute Gasteiger partial charge is 0.169 e. The van der Waals surface area contributed by atoms with Crippen LogP contribution in [-0.4, -0.2) is 16.0 Å². The van der Waals surface area contributed by atoms with Crippen LogP contribution in [-0.2, 0) is 0 Å². The van der Waals surface area contributed by atoms with E-state index in [0.717, 1.165) is 0 Å². The molecule has 2 aromatic rings. The fourth-order valence-corrected chi connectivity index (χ4v) is 1.76. The molecule has 0 spiro atoms. The van der Waals surface area contributed by atoms with E-state index in [-0.39, 0.29) is 6.04 Å². The molecule has 0 saturated carbocycles. The third kappa shape index (κ3) is 2.53. The highest BCUT2D eigenvalue weighted by atomic mass is 35.5. The monoisotopic (exact) mass is 270 g/mol. The summed E-state index contributed by atoms with van der Waals surface area (Å²) in [6.45, 7) is 4.00. The van der Waals surface area contributed by atoms with Crippen LogP contribution in [0.2, 0.25) is 10.0 Å². The molecule has 3 N–H and O–H groups in total. The number of nitrogen functional groups attached to an aromatic ring is 1. The summed E-state index contributed by atoms with van der Waals surface area (Å²) in [5.74, 6) is 0.912. The van der Waals surface area contributed by atoms with Crippen molar-refractivity contribution in [3.8, 4) is 0 Å². The summed E-state index contributed by atoms with van der Waals surface area (Å²) in [5.41, 5.74) is 7.11. The van der Waals surface area contributed by atoms with Crippen LogP contribution in [0.25, 0.3) is 11.0 Å². The van der Waals surface area contributed by atoms with Crippen LogP contribution >= 0.6 is 23.2 Å². The summed E-state index contributed by atoms with van der Waals surface area (Å²) < 4.78 is 0. The van der Waals surface area contributed by atoms with Crippen molar-refractivity contribution < 1.29 is 0 Å². The number of benzene rings is 1. The number of aromatic nitrogens is 2. The average Bonchev–Trinajstić information content (AvgIpc) is 2.22. The second-order valence-corrected chi connectivity index (χ2v) is 4.83. The van der Waals surface area contributed by atoms with E-state index in [1.54, 1.807) is 12.1 Å². The molecule has 90 valence electrons. The van der Waals surface area contributed by atoms with Gasteiger partial charge < -0.3 is 11.1 Å². The van der Waals surface area contributed by atoms with Gasteiger partial charge >= 0.3 is 0 Å². The second-order valence-electron chi connectivity index (χ2n) is 4.01. The molecular formula is C11H12Cl2N4. The summed E-state index contributed by atoms with van der Waals surface area (Å²) in [4.78, 5) is 8.62. The quantitative estimate of drug-likeness (QED) is 0.879. The van der Waals surface area contributed by atoms with E-state index < -0.39 is 0 Å². The molecule has 1 aromatic carbocycles. The van der Waals surface area contributed by atoms with Crippen LogP contribution in [0.1, 0.15) is 13.8 Å². The van der Waals surface area contributed by atoms with Gasteiger partial charge in [-0.3, -0.25) is 0 Å². The number of rotatable bonds is 2. The maximum absolute atomic E-state index is 5.93. The van der Waals surface area contributed by atoms with Crippen LogP contribution < -0.4 is 11.1 Å². The number of hydrogen-bond acceptors (Lipinski definition) is 4. The number of anilines is 2. The lowest BCUT2D eigenvalue weighted by molar-refractivity contribution is 0.890. The zero-order valence-electron chi connectivity index (χ0n) is 9.46. The Bertz CT molecular complexity index is 569. The molecule has 1 aromatic heterocycles. The first-order valence-electron chi connectivity index (χ1n) is 5.16. The zero-order chi connectivity index (χ0) is 12.6. The first-order valence-corrected chi connectivity index (χ1v) is 5.92. The van der Waals surface area contributed by atoms with E-state index in [0.29, 0.717) is 32.7 Å². The van der Waals surface area contributed by atoms with Crippen molar-refractivity contribution in [2.45, 2.75) is 19.9 Å². The topological polar surface area (TPSA) is 63.8 Å². The van der Waals surface area contributed by atoms with E-state index in [4.69, 9.17) is 28.9 Å². The molecule has 0 aliphatic carbocycles. The third-order valence-electron chi connectivity index (χ3n) is 2.16. The maximum atomic E-state index is 5.93. The zero-order valence-corrected chi connectivity index (χ0v) is 11.0. The lowest BCUT2D eigenvalue weighted by Gasteiger charge is -2.11. The van der Waals surface area contributed by atoms with Crippen molar-refractivity contribution in [1.29, 1.82) is 0 Å². The Morgan fingerprint density at radius 1 is 1.12 bits per heavy atom. The van der Waals surface area contributed by atoms with Crippen molar-refractivity contribution in [3.63, 3.8) is 0 Å². The molecule has 2 rings (SSSR count). The Morgan fingerprint density at radius 3 is 2.18 bits per heavy atom. The van der Waals surface area contributed by atoms with Crippen molar-refractivity contribution in [2.24, 2.45) is 0 Å². The highest BCUT2D eigenvalue weighted by Gasteiger charge is 2.09. The van der Waals surface area contributed by atoms with Gasteiger partial charge in [-0.15, -0.1) is 0 Å². The molecule has 0 radical (unpaired) electrons. The number of fused-ring (bicyclic) bond motifs is 1. The molecule has 0 aliphatic heterocycles. The standard InChI is InChI=1S/C11H12Cl2N4/c1-5(2)15-11-10(14)16-8-3-6(12)7(13)4-9(8)17-11/h3-5H,1-2H3,(H2,14,16)(H,15,17). The lowest BCUT2D eigenvalue weighted by atomic mass is 10.3. The van der Waals surface area contributed by atoms with E-state index in [1.165, 1.54) is 0 Å². The minimum absolute atomic E-state index is 0.229. The molecule has 0 saturated heterocycles. The predicted octanol–water partition coefficient (Wildman–Crippen LogP) is 3.34. The van der Waals surface area contributed by atoms with Gasteiger partial charge in [0.15, 0.2) is 11.6 Å². The highest BCUT2D eigenvalue weighted by Crippen LogP contribution is 2.28. The van der Waals surface area contributed by atoms with Crippen molar-refractivity contribution >= 4 is 45.9 Å². The van der Waals surface area contributed by atoms with Gasteiger partial charge in [0, 0.05) is 6.04 Å². The molecule has 1 heterocycles. The Kier molecular flexibility index (Phi) is 3.26. The number of nitrogens with two attached hydrogens (primary N) is 1. The Hall–Kier alpha value is -1.26. The first-order chi connectivity index (χ1) is 7.97. The summed E-state index contributed by atoms with van der Waals surface area (Å²) in [7, 11) is 0. The molecule has 0 fully saturated rings. The van der Waals surface area contributed by atoms with Gasteiger partial charge in [-0.05, 0) is 26.0 Å². The molecule has 17 heavy (non-hydrogen) atoms. The Balaban J connectivity index is 2.59. The molecule has 0 atom stereocenters. The molecule has 0 aliphatic rings. The average molecular weight is 271 g/mol. The molecule has 0 amide bonds. The Morgan fingerprint density at radius 2 is 1.65 bits per heavy atom. The van der Waals surface area contributed by atoms with Crippen molar-refractivity contribution in [1.82, 2.24) is 9.97 Å². The summed E-state index contributed by atoms with van der Waals surface area (Å²) in [6, 6.07) is 3.56. The van der Waals surface area contributed by atoms with E-state index in [1.807, 2.05) is 13.8 Å². The number of halogens is 2. The van der Waals surface area contributed by atoms with E-state index >= 15 is 0 Å². The fraction of sp³-hybridized carbons (Fsp3) is 0.273. The molecule has 0 unspecified atom stereocenters. The summed E-state index contributed by atoms with van der Waals surface area (Å²) in [5, 5.41) is 4.02. The second kappa shape index (κ2) is 4.55. The summed E-state index contributed by atoms with van der Waals surface area (Å²) >= 11 is 11.8. The van der Waals surface area contributed by atoms with E-state index in [2.05, 4.69) is 15.3 Å². The fourth-order valence-electron chi connectivity index (χ4n) is 1.45. The van der Waals surface area contributed by atoms with E-state index in [9.17, 15) is 0 Å². The van der Waals surface area contributed by atoms with Gasteiger partial charge in [-0.2, -0.15) is 0 Å². The van der Waals surface area contributed by atoms with Gasteiger partial charge in [0.25, 0.3) is 0 Å². The van der Waals surface area contributed by atoms with Gasteiger partial charge in [-0.1, -0.05) is 23.2 Å². The van der Waals surface area contributed by atoms with Crippen LogP contribution in [0.15, 0.2) is 12.1 Å². The minimum Gasteiger partial charge on any atom is -0.381 e. The van der Waals surface area contributed by atoms with Crippen molar-refractivity contribution in [2.75, 3.05) is 11.1 Å². The predicted molar refractivity (Wildman–Crippen MR) is 72.7 cm³/mol. The Labute approximate surface area is 109 Å². The minimum atomic E-state index is 0.229. The van der Waals surface area contributed by atoms with Crippen LogP contribution in [0.3, 0.4) is 0 Å². The number of nitrogens with one attached hydrogen (secondary N) is 1. The van der Waals surface area contributed by atoms with Crippen LogP contribution in [0.4, 0.5) is 11.6 Å². The molecule has 4 nitrogen and oxygen atoms in total. The van der Waals surface area contributed by atoms with Crippen LogP contribution in [0.5, 0.6) is 0 Å². The normalized spacial score (nSPS) is 11.1. The number of nitrogens with zero attached hydrogens (tertiary/aromatic N) is 2. The highest BCUT2D eigenvalue weighted by molar-refractivity contribution is 6.42. The largest absolute Gasteiger partial charge is 0.381 e. The van der Waals surface area contributed by atoms with Gasteiger partial charge in [0.1, 0.15) is 0 Å². The van der Waals surface area contributed by atoms with Crippen LogP contribution in [0, 0.1) is 0 Å². The first kappa shape index (κ1) is 12.2. The number of hydrogen-bond donors (Lipinski definition) is 2. The maximum Gasteiger partial charge on any atom is 0.169 e. The van der Waals surface area contributed by atoms with Crippen molar-refractivity contribution in [3.05, 3.63) is 22.2 Å². The van der Waals surface area contributed by atoms with Gasteiger partial charge in [-0.25, -0.2) is 9.97 Å². The lowest BCUT2D eigenvalue weighted by Crippen LogP contribution is -2.13. The molecule has 6 heteroatoms. The third-order valence-corrected chi connectivity index (χ3v) is 2.88.